The molecule has 1 aliphatic heterocycles. The van der Waals surface area contributed by atoms with E-state index in [2.05, 4.69) is 74.8 Å². The lowest BCUT2D eigenvalue weighted by Crippen LogP contribution is -3.00. The molecule has 2 aromatic rings. The van der Waals surface area contributed by atoms with Gasteiger partial charge in [0.2, 0.25) is 0 Å². The van der Waals surface area contributed by atoms with E-state index < -0.39 is 0 Å². The molecule has 1 fully saturated rings. The number of quaternary nitrogens is 1. The molecule has 0 saturated carbocycles. The van der Waals surface area contributed by atoms with Gasteiger partial charge in [-0.3, -0.25) is 0 Å². The van der Waals surface area contributed by atoms with Crippen molar-refractivity contribution in [3.05, 3.63) is 71.8 Å². The average Bonchev–Trinajstić information content (AvgIpc) is 2.61. The molecule has 0 spiro atoms. The molecular formula is C23H32IN. The normalized spacial score (nSPS) is 22.2. The second-order valence-electron chi connectivity index (χ2n) is 7.92. The van der Waals surface area contributed by atoms with E-state index in [0.717, 1.165) is 12.1 Å². The monoisotopic (exact) mass is 449 g/mol. The molecule has 136 valence electrons. The van der Waals surface area contributed by atoms with Gasteiger partial charge < -0.3 is 28.5 Å². The van der Waals surface area contributed by atoms with E-state index in [0.29, 0.717) is 0 Å². The second kappa shape index (κ2) is 9.72. The Hall–Kier alpha value is -0.870. The largest absolute Gasteiger partial charge is 1.00 e. The minimum absolute atomic E-state index is 0. The van der Waals surface area contributed by atoms with Gasteiger partial charge in [-0.1, -0.05) is 60.7 Å². The summed E-state index contributed by atoms with van der Waals surface area (Å²) in [6.07, 6.45) is 9.26. The van der Waals surface area contributed by atoms with Crippen LogP contribution in [0.4, 0.5) is 0 Å². The Kier molecular flexibility index (Phi) is 7.95. The number of piperidine rings is 1. The van der Waals surface area contributed by atoms with Gasteiger partial charge in [0.05, 0.1) is 26.2 Å². The van der Waals surface area contributed by atoms with Crippen LogP contribution in [-0.2, 0) is 12.8 Å². The first-order valence-electron chi connectivity index (χ1n) is 9.57. The van der Waals surface area contributed by atoms with Crippen LogP contribution in [0.5, 0.6) is 0 Å². The Balaban J connectivity index is 0.00000225. The predicted octanol–water partition coefficient (Wildman–Crippen LogP) is 2.25. The number of rotatable bonds is 6. The van der Waals surface area contributed by atoms with Crippen molar-refractivity contribution in [2.45, 2.75) is 57.0 Å². The Morgan fingerprint density at radius 1 is 0.720 bits per heavy atom. The molecule has 1 aliphatic rings. The van der Waals surface area contributed by atoms with Crippen molar-refractivity contribution in [2.75, 3.05) is 14.1 Å². The summed E-state index contributed by atoms with van der Waals surface area (Å²) in [5, 5.41) is 0. The SMILES string of the molecule is C[N+]1(C)[C@@H](CCc2ccccc2)CCC[C@H]1CCc1ccccc1.[I-]. The predicted molar refractivity (Wildman–Crippen MR) is 103 cm³/mol. The van der Waals surface area contributed by atoms with Crippen LogP contribution >= 0.6 is 0 Å². The summed E-state index contributed by atoms with van der Waals surface area (Å²) in [6.45, 7) is 0. The first-order chi connectivity index (χ1) is 11.7. The fourth-order valence-electron chi connectivity index (χ4n) is 4.46. The topological polar surface area (TPSA) is 0 Å². The summed E-state index contributed by atoms with van der Waals surface area (Å²) < 4.78 is 1.21. The molecule has 1 heterocycles. The third kappa shape index (κ3) is 5.55. The molecule has 0 aliphatic carbocycles. The van der Waals surface area contributed by atoms with E-state index in [1.54, 1.807) is 0 Å². The lowest BCUT2D eigenvalue weighted by Gasteiger charge is -2.48. The summed E-state index contributed by atoms with van der Waals surface area (Å²) in [4.78, 5) is 0. The highest BCUT2D eigenvalue weighted by atomic mass is 127. The molecule has 0 radical (unpaired) electrons. The van der Waals surface area contributed by atoms with E-state index in [1.165, 1.54) is 60.6 Å². The zero-order valence-electron chi connectivity index (χ0n) is 15.7. The molecule has 2 heteroatoms. The molecule has 1 nitrogen and oxygen atoms in total. The highest BCUT2D eigenvalue weighted by Crippen LogP contribution is 2.32. The maximum absolute atomic E-state index is 2.48. The Labute approximate surface area is 171 Å². The van der Waals surface area contributed by atoms with Gasteiger partial charge in [0.15, 0.2) is 0 Å². The molecule has 2 aromatic carbocycles. The van der Waals surface area contributed by atoms with Crippen LogP contribution in [0.2, 0.25) is 0 Å². The maximum atomic E-state index is 2.48. The van der Waals surface area contributed by atoms with E-state index in [9.17, 15) is 0 Å². The van der Waals surface area contributed by atoms with Crippen LogP contribution in [0.25, 0.3) is 0 Å². The Morgan fingerprint density at radius 2 is 1.12 bits per heavy atom. The number of aryl methyl sites for hydroxylation is 2. The summed E-state index contributed by atoms with van der Waals surface area (Å²) in [5.74, 6) is 0. The van der Waals surface area contributed by atoms with E-state index in [1.807, 2.05) is 0 Å². The highest BCUT2D eigenvalue weighted by molar-refractivity contribution is 5.15. The van der Waals surface area contributed by atoms with Crippen LogP contribution < -0.4 is 24.0 Å². The highest BCUT2D eigenvalue weighted by Gasteiger charge is 2.38. The van der Waals surface area contributed by atoms with E-state index >= 15 is 0 Å². The smallest absolute Gasteiger partial charge is 0.0891 e. The van der Waals surface area contributed by atoms with Gasteiger partial charge in [-0.25, -0.2) is 0 Å². The minimum Gasteiger partial charge on any atom is -1.00 e. The van der Waals surface area contributed by atoms with Gasteiger partial charge in [0.1, 0.15) is 0 Å². The van der Waals surface area contributed by atoms with Crippen LogP contribution in [0, 0.1) is 0 Å². The molecule has 0 amide bonds. The van der Waals surface area contributed by atoms with E-state index in [4.69, 9.17) is 0 Å². The summed E-state index contributed by atoms with van der Waals surface area (Å²) in [6, 6.07) is 23.6. The summed E-state index contributed by atoms with van der Waals surface area (Å²) in [5.41, 5.74) is 2.98. The summed E-state index contributed by atoms with van der Waals surface area (Å²) in [7, 11) is 4.95. The molecular weight excluding hydrogens is 417 g/mol. The number of benzene rings is 2. The van der Waals surface area contributed by atoms with Crippen molar-refractivity contribution in [1.82, 2.24) is 0 Å². The third-order valence-corrected chi connectivity index (χ3v) is 6.18. The van der Waals surface area contributed by atoms with Gasteiger partial charge in [0.25, 0.3) is 0 Å². The van der Waals surface area contributed by atoms with Crippen molar-refractivity contribution < 1.29 is 28.5 Å². The number of hydrogen-bond donors (Lipinski definition) is 0. The van der Waals surface area contributed by atoms with Crippen LogP contribution in [0.3, 0.4) is 0 Å². The number of hydrogen-bond acceptors (Lipinski definition) is 0. The first-order valence-corrected chi connectivity index (χ1v) is 9.57. The maximum Gasteiger partial charge on any atom is 0.0891 e. The molecule has 1 saturated heterocycles. The molecule has 3 rings (SSSR count). The number of nitrogens with zero attached hydrogens (tertiary/aromatic N) is 1. The Bertz CT molecular complexity index is 555. The standard InChI is InChI=1S/C23H32N.HI/c1-24(2)22(18-16-20-10-5-3-6-11-20)14-9-15-23(24)19-17-21-12-7-4-8-13-21;/h3-8,10-13,22-23H,9,14-19H2,1-2H3;1H/q+1;/p-1/t22-,23+;. The molecule has 0 N–H and O–H groups in total. The zero-order chi connectivity index (χ0) is 16.8. The first kappa shape index (κ1) is 20.4. The van der Waals surface area contributed by atoms with Crippen LogP contribution in [0.1, 0.15) is 43.2 Å². The molecule has 25 heavy (non-hydrogen) atoms. The van der Waals surface area contributed by atoms with Crippen LogP contribution in [-0.4, -0.2) is 30.7 Å². The zero-order valence-corrected chi connectivity index (χ0v) is 17.9. The molecule has 2 atom stereocenters. The molecule has 0 bridgehead atoms. The number of halogens is 1. The minimum atomic E-state index is 0. The van der Waals surface area contributed by atoms with Crippen molar-refractivity contribution in [3.63, 3.8) is 0 Å². The second-order valence-corrected chi connectivity index (χ2v) is 7.92. The molecule has 0 unspecified atom stereocenters. The van der Waals surface area contributed by atoms with Gasteiger partial charge in [-0.2, -0.15) is 0 Å². The van der Waals surface area contributed by atoms with Gasteiger partial charge in [0, 0.05) is 12.8 Å². The lowest BCUT2D eigenvalue weighted by atomic mass is 9.87. The molecule has 0 aromatic heterocycles. The van der Waals surface area contributed by atoms with Crippen molar-refractivity contribution in [2.24, 2.45) is 0 Å². The Morgan fingerprint density at radius 3 is 1.52 bits per heavy atom. The van der Waals surface area contributed by atoms with E-state index in [-0.39, 0.29) is 24.0 Å². The fourth-order valence-corrected chi connectivity index (χ4v) is 4.46. The fraction of sp³-hybridized carbons (Fsp3) is 0.478. The summed E-state index contributed by atoms with van der Waals surface area (Å²) >= 11 is 0. The van der Waals surface area contributed by atoms with Crippen molar-refractivity contribution in [1.29, 1.82) is 0 Å². The van der Waals surface area contributed by atoms with Gasteiger partial charge in [-0.05, 0) is 43.2 Å². The van der Waals surface area contributed by atoms with Crippen molar-refractivity contribution >= 4 is 0 Å². The van der Waals surface area contributed by atoms with Gasteiger partial charge in [-0.15, -0.1) is 0 Å². The quantitative estimate of drug-likeness (QED) is 0.469. The number of likely N-dealkylation sites (tertiary alicyclic amines) is 1. The van der Waals surface area contributed by atoms with Crippen molar-refractivity contribution in [3.8, 4) is 0 Å². The van der Waals surface area contributed by atoms with Crippen LogP contribution in [0.15, 0.2) is 60.7 Å². The third-order valence-electron chi connectivity index (χ3n) is 6.18. The van der Waals surface area contributed by atoms with Gasteiger partial charge >= 0.3 is 0 Å². The average molecular weight is 449 g/mol. The lowest BCUT2D eigenvalue weighted by molar-refractivity contribution is -0.944.